The molecule has 314 valence electrons. The number of amidine groups is 1. The lowest BCUT2D eigenvalue weighted by molar-refractivity contribution is -0.384. The second-order valence-electron chi connectivity index (χ2n) is 15.1. The molecule has 0 bridgehead atoms. The Morgan fingerprint density at radius 3 is 2.41 bits per heavy atom. The van der Waals surface area contributed by atoms with E-state index < -0.39 is 14.9 Å². The molecule has 1 fully saturated rings. The summed E-state index contributed by atoms with van der Waals surface area (Å²) in [4.78, 5) is 32.9. The smallest absolute Gasteiger partial charge is 0.293 e. The van der Waals surface area contributed by atoms with E-state index in [1.165, 1.54) is 29.6 Å². The fourth-order valence-corrected chi connectivity index (χ4v) is 9.91. The van der Waals surface area contributed by atoms with E-state index >= 15 is 0 Å². The van der Waals surface area contributed by atoms with Crippen molar-refractivity contribution < 1.29 is 13.3 Å². The number of hydrogen-bond acceptors (Lipinski definition) is 12. The van der Waals surface area contributed by atoms with E-state index in [1.54, 1.807) is 11.8 Å². The molecule has 13 nitrogen and oxygen atoms in total. The summed E-state index contributed by atoms with van der Waals surface area (Å²) in [5.74, 6) is 1.72. The van der Waals surface area contributed by atoms with Gasteiger partial charge in [0.1, 0.15) is 12.0 Å². The molecule has 0 aliphatic carbocycles. The maximum absolute atomic E-state index is 13.8. The van der Waals surface area contributed by atoms with E-state index in [1.807, 2.05) is 67.6 Å². The van der Waals surface area contributed by atoms with Gasteiger partial charge in [0.15, 0.2) is 5.82 Å². The molecular weight excluding hydrogens is 830 g/mol. The number of nitrogens with one attached hydrogen (secondary N) is 2. The van der Waals surface area contributed by atoms with Crippen LogP contribution in [0.4, 0.5) is 22.9 Å². The van der Waals surface area contributed by atoms with Gasteiger partial charge in [-0.2, -0.15) is 0 Å². The van der Waals surface area contributed by atoms with Gasteiger partial charge in [0.05, 0.1) is 27.7 Å². The van der Waals surface area contributed by atoms with Gasteiger partial charge in [0.2, 0.25) is 0 Å². The van der Waals surface area contributed by atoms with Crippen molar-refractivity contribution in [2.45, 2.75) is 35.7 Å². The number of nitrogens with zero attached hydrogens (tertiary/aromatic N) is 7. The minimum absolute atomic E-state index is 0.0873. The van der Waals surface area contributed by atoms with Crippen LogP contribution in [0.15, 0.2) is 136 Å². The van der Waals surface area contributed by atoms with Crippen molar-refractivity contribution in [2.24, 2.45) is 4.99 Å². The van der Waals surface area contributed by atoms with Gasteiger partial charge in [-0.3, -0.25) is 24.7 Å². The summed E-state index contributed by atoms with van der Waals surface area (Å²) >= 11 is 7.80. The number of nitro benzene ring substituents is 1. The molecule has 1 aromatic heterocycles. The Kier molecular flexibility index (Phi) is 13.0. The number of halogens is 1. The van der Waals surface area contributed by atoms with E-state index in [9.17, 15) is 18.5 Å². The molecule has 3 heterocycles. The number of sulfonamides is 1. The van der Waals surface area contributed by atoms with Crippen molar-refractivity contribution in [3.05, 3.63) is 142 Å². The summed E-state index contributed by atoms with van der Waals surface area (Å²) in [7, 11) is -4.28. The number of hydrogen-bond donors (Lipinski definition) is 2. The van der Waals surface area contributed by atoms with Crippen LogP contribution in [0.5, 0.6) is 0 Å². The van der Waals surface area contributed by atoms with E-state index in [0.29, 0.717) is 28.1 Å². The first-order valence-corrected chi connectivity index (χ1v) is 23.0. The fraction of sp³-hybridized carbons (Fsp3) is 0.267. The second-order valence-corrected chi connectivity index (χ2v) is 18.3. The molecule has 2 aliphatic heterocycles. The van der Waals surface area contributed by atoms with Crippen LogP contribution in [0, 0.1) is 10.1 Å². The summed E-state index contributed by atoms with van der Waals surface area (Å²) in [6.07, 6.45) is 2.02. The minimum Gasteiger partial charge on any atom is -0.376 e. The molecule has 16 heteroatoms. The Balaban J connectivity index is 0.938. The minimum atomic E-state index is -4.28. The standard InChI is InChI=1S/C45H46ClN9O4S2/c1-32-47-20-22-53(32)21-19-36(30-60-38-8-3-2-4-9-38)50-42-18-16-39(28-44(42)55(56)57)61(58,59)51-45-41-17-15-37(27-43(41)48-31-49-45)54-25-23-52(24-26-54)29-34-7-5-6-10-40(34)33-11-13-35(46)14-12-33/h2-18,27-28,31,36,50H,19-26,29-30H2,1H3,(H,48,49,51)/t36-/m1/s1. The average Bonchev–Trinajstić information content (AvgIpc) is 3.69. The number of fused-ring (bicyclic) bond motifs is 1. The average molecular weight is 877 g/mol. The Bertz CT molecular complexity index is 2650. The molecule has 0 unspecified atom stereocenters. The Morgan fingerprint density at radius 2 is 1.66 bits per heavy atom. The van der Waals surface area contributed by atoms with Crippen molar-refractivity contribution in [1.82, 2.24) is 19.8 Å². The molecule has 2 N–H and O–H groups in total. The number of benzene rings is 5. The normalized spacial score (nSPS) is 15.1. The largest absolute Gasteiger partial charge is 0.376 e. The first kappa shape index (κ1) is 42.0. The number of rotatable bonds is 16. The molecule has 0 saturated carbocycles. The number of nitro groups is 1. The maximum atomic E-state index is 13.8. The number of thioether (sulfide) groups is 1. The lowest BCUT2D eigenvalue weighted by atomic mass is 9.99. The van der Waals surface area contributed by atoms with Gasteiger partial charge in [-0.15, -0.1) is 11.8 Å². The van der Waals surface area contributed by atoms with Crippen LogP contribution in [-0.4, -0.2) is 96.6 Å². The third-order valence-electron chi connectivity index (χ3n) is 11.1. The molecule has 0 spiro atoms. The van der Waals surface area contributed by atoms with E-state index in [-0.39, 0.29) is 28.1 Å². The second kappa shape index (κ2) is 18.9. The first-order chi connectivity index (χ1) is 29.6. The van der Waals surface area contributed by atoms with E-state index in [4.69, 9.17) is 11.6 Å². The van der Waals surface area contributed by atoms with Crippen LogP contribution in [0.2, 0.25) is 5.02 Å². The summed E-state index contributed by atoms with van der Waals surface area (Å²) in [5, 5.41) is 17.0. The molecule has 1 atom stereocenters. The summed E-state index contributed by atoms with van der Waals surface area (Å²) in [6.45, 7) is 8.49. The molecule has 5 aromatic carbocycles. The SMILES string of the molecule is CC1=NCCN1CC[C@H](CSc1ccccc1)Nc1ccc(S(=O)(=O)Nc2ncnc3cc(N4CCN(Cc5ccccc5-c5ccc(Cl)cc5)CC4)ccc23)cc1[N+](=O)[O-]. The van der Waals surface area contributed by atoms with Gasteiger partial charge in [-0.05, 0) is 84.6 Å². The lowest BCUT2D eigenvalue weighted by Crippen LogP contribution is -2.46. The van der Waals surface area contributed by atoms with Gasteiger partial charge in [0, 0.05) is 84.7 Å². The van der Waals surface area contributed by atoms with Crippen LogP contribution in [0.25, 0.3) is 22.0 Å². The van der Waals surface area contributed by atoms with Gasteiger partial charge in [-0.1, -0.05) is 66.2 Å². The van der Waals surface area contributed by atoms with Gasteiger partial charge >= 0.3 is 0 Å². The van der Waals surface area contributed by atoms with Gasteiger partial charge in [-0.25, -0.2) is 18.4 Å². The van der Waals surface area contributed by atoms with Crippen molar-refractivity contribution in [2.75, 3.05) is 66.5 Å². The summed E-state index contributed by atoms with van der Waals surface area (Å²) < 4.78 is 30.2. The van der Waals surface area contributed by atoms with Crippen LogP contribution in [0.3, 0.4) is 0 Å². The van der Waals surface area contributed by atoms with E-state index in [2.05, 4.69) is 76.1 Å². The predicted molar refractivity (Wildman–Crippen MR) is 247 cm³/mol. The molecule has 0 radical (unpaired) electrons. The molecule has 61 heavy (non-hydrogen) atoms. The number of anilines is 3. The van der Waals surface area contributed by atoms with Crippen LogP contribution >= 0.6 is 23.4 Å². The Hall–Kier alpha value is -5.74. The van der Waals surface area contributed by atoms with Crippen molar-refractivity contribution in [3.63, 3.8) is 0 Å². The van der Waals surface area contributed by atoms with E-state index in [0.717, 1.165) is 80.4 Å². The highest BCUT2D eigenvalue weighted by Crippen LogP contribution is 2.33. The molecule has 2 aliphatic rings. The summed E-state index contributed by atoms with van der Waals surface area (Å²) in [5.41, 5.74) is 5.06. The zero-order chi connectivity index (χ0) is 42.3. The fourth-order valence-electron chi connectivity index (χ4n) is 7.75. The molecule has 6 aromatic rings. The van der Waals surface area contributed by atoms with Crippen LogP contribution < -0.4 is 14.9 Å². The summed E-state index contributed by atoms with van der Waals surface area (Å²) in [6, 6.07) is 35.9. The van der Waals surface area contributed by atoms with Crippen molar-refractivity contribution in [3.8, 4) is 11.1 Å². The molecular formula is C45H46ClN9O4S2. The van der Waals surface area contributed by atoms with Gasteiger partial charge < -0.3 is 15.1 Å². The molecule has 0 amide bonds. The Labute approximate surface area is 365 Å². The number of aliphatic imine (C=N–C) groups is 1. The van der Waals surface area contributed by atoms with Crippen LogP contribution in [-0.2, 0) is 16.6 Å². The first-order valence-electron chi connectivity index (χ1n) is 20.2. The van der Waals surface area contributed by atoms with Crippen LogP contribution in [0.1, 0.15) is 18.9 Å². The highest BCUT2D eigenvalue weighted by molar-refractivity contribution is 7.99. The quantitative estimate of drug-likeness (QED) is 0.0547. The zero-order valence-electron chi connectivity index (χ0n) is 33.7. The highest BCUT2D eigenvalue weighted by Gasteiger charge is 2.26. The predicted octanol–water partition coefficient (Wildman–Crippen LogP) is 8.68. The topological polar surface area (TPSA) is 149 Å². The number of aromatic nitrogens is 2. The van der Waals surface area contributed by atoms with Crippen molar-refractivity contribution >= 4 is 73.0 Å². The Morgan fingerprint density at radius 1 is 0.885 bits per heavy atom. The van der Waals surface area contributed by atoms with Gasteiger partial charge in [0.25, 0.3) is 15.7 Å². The highest BCUT2D eigenvalue weighted by atomic mass is 35.5. The molecule has 8 rings (SSSR count). The third kappa shape index (κ3) is 10.2. The third-order valence-corrected chi connectivity index (χ3v) is 13.9. The zero-order valence-corrected chi connectivity index (χ0v) is 36.0. The maximum Gasteiger partial charge on any atom is 0.293 e. The monoisotopic (exact) mass is 875 g/mol. The van der Waals surface area contributed by atoms with Crippen molar-refractivity contribution in [1.29, 1.82) is 0 Å². The molecule has 1 saturated heterocycles. The number of piperazine rings is 1. The lowest BCUT2D eigenvalue weighted by Gasteiger charge is -2.36.